The number of hydrogen-bond donors (Lipinski definition) is 1. The van der Waals surface area contributed by atoms with Crippen LogP contribution in [0.3, 0.4) is 0 Å². The number of benzene rings is 1. The van der Waals surface area contributed by atoms with E-state index in [-0.39, 0.29) is 25.2 Å². The third-order valence-corrected chi connectivity index (χ3v) is 5.54. The van der Waals surface area contributed by atoms with Gasteiger partial charge in [-0.1, -0.05) is 0 Å². The first-order chi connectivity index (χ1) is 16.2. The van der Waals surface area contributed by atoms with Crippen LogP contribution in [0.4, 0.5) is 23.7 Å². The number of carbonyl (C=O) groups is 1. The molecule has 9 nitrogen and oxygen atoms in total. The average Bonchev–Trinajstić information content (AvgIpc) is 3.27. The number of rotatable bonds is 5. The molecule has 0 fully saturated rings. The average molecular weight is 477 g/mol. The Morgan fingerprint density at radius 3 is 2.62 bits per heavy atom. The molecule has 1 N–H and O–H groups in total. The second kappa shape index (κ2) is 9.29. The van der Waals surface area contributed by atoms with Gasteiger partial charge in [0.1, 0.15) is 5.75 Å². The van der Waals surface area contributed by atoms with Crippen LogP contribution in [0.1, 0.15) is 24.5 Å². The van der Waals surface area contributed by atoms with E-state index in [4.69, 9.17) is 9.47 Å². The van der Waals surface area contributed by atoms with Crippen molar-refractivity contribution in [3.63, 3.8) is 0 Å². The normalized spacial score (nSPS) is 15.7. The van der Waals surface area contributed by atoms with Crippen LogP contribution in [-0.4, -0.2) is 50.7 Å². The van der Waals surface area contributed by atoms with Gasteiger partial charge in [-0.05, 0) is 31.9 Å². The maximum Gasteiger partial charge on any atom is 0.419 e. The lowest BCUT2D eigenvalue weighted by molar-refractivity contribution is -0.138. The Balaban J connectivity index is 1.82. The summed E-state index contributed by atoms with van der Waals surface area (Å²) in [5.74, 6) is 0.307. The van der Waals surface area contributed by atoms with E-state index in [0.29, 0.717) is 53.4 Å². The third kappa shape index (κ3) is 4.53. The minimum absolute atomic E-state index is 0.0972. The molecule has 0 radical (unpaired) electrons. The van der Waals surface area contributed by atoms with Crippen molar-refractivity contribution in [3.8, 4) is 22.9 Å². The number of aromatic nitrogens is 4. The molecule has 1 unspecified atom stereocenters. The highest BCUT2D eigenvalue weighted by molar-refractivity contribution is 5.92. The largest absolute Gasteiger partial charge is 0.452 e. The van der Waals surface area contributed by atoms with E-state index in [9.17, 15) is 23.1 Å². The van der Waals surface area contributed by atoms with Gasteiger partial charge in [0.2, 0.25) is 0 Å². The SMILES string of the molecule is COC(=O)N1c2ccc(-c3cnn(CCO)c3)c(Oc3ncc(C(F)(F)F)cn3)c2CCC1C. The fraction of sp³-hybridized carbons (Fsp3) is 0.364. The number of methoxy groups -OCH3 is 1. The summed E-state index contributed by atoms with van der Waals surface area (Å²) in [6.45, 7) is 2.09. The van der Waals surface area contributed by atoms with Crippen molar-refractivity contribution in [2.75, 3.05) is 18.6 Å². The predicted octanol–water partition coefficient (Wildman–Crippen LogP) is 4.05. The topological polar surface area (TPSA) is 103 Å². The van der Waals surface area contributed by atoms with E-state index >= 15 is 0 Å². The molecule has 2 aromatic heterocycles. The Morgan fingerprint density at radius 1 is 1.24 bits per heavy atom. The summed E-state index contributed by atoms with van der Waals surface area (Å²) in [6.07, 6.45) is 0.641. The van der Waals surface area contributed by atoms with Crippen molar-refractivity contribution in [2.45, 2.75) is 38.5 Å². The zero-order valence-electron chi connectivity index (χ0n) is 18.4. The lowest BCUT2D eigenvalue weighted by Crippen LogP contribution is -2.42. The minimum atomic E-state index is -4.58. The smallest absolute Gasteiger partial charge is 0.419 e. The van der Waals surface area contributed by atoms with Gasteiger partial charge in [-0.15, -0.1) is 0 Å². The Hall–Kier alpha value is -3.67. The molecule has 4 rings (SSSR count). The Morgan fingerprint density at radius 2 is 1.97 bits per heavy atom. The van der Waals surface area contributed by atoms with Crippen molar-refractivity contribution in [3.05, 3.63) is 48.0 Å². The molecule has 1 aliphatic heterocycles. The van der Waals surface area contributed by atoms with Gasteiger partial charge in [0.25, 0.3) is 0 Å². The van der Waals surface area contributed by atoms with Crippen molar-refractivity contribution in [1.82, 2.24) is 19.7 Å². The van der Waals surface area contributed by atoms with Gasteiger partial charge < -0.3 is 14.6 Å². The number of fused-ring (bicyclic) bond motifs is 1. The zero-order valence-corrected chi connectivity index (χ0v) is 18.4. The van der Waals surface area contributed by atoms with Crippen LogP contribution in [0.25, 0.3) is 11.1 Å². The van der Waals surface area contributed by atoms with E-state index < -0.39 is 17.8 Å². The Bertz CT molecular complexity index is 1180. The first kappa shape index (κ1) is 23.5. The van der Waals surface area contributed by atoms with Gasteiger partial charge in [-0.2, -0.15) is 18.3 Å². The van der Waals surface area contributed by atoms with E-state index in [2.05, 4.69) is 15.1 Å². The molecule has 0 saturated carbocycles. The van der Waals surface area contributed by atoms with E-state index in [0.717, 1.165) is 0 Å². The van der Waals surface area contributed by atoms with Gasteiger partial charge in [-0.3, -0.25) is 9.58 Å². The summed E-state index contributed by atoms with van der Waals surface area (Å²) in [5, 5.41) is 13.4. The molecule has 1 atom stereocenters. The highest BCUT2D eigenvalue weighted by Gasteiger charge is 2.34. The van der Waals surface area contributed by atoms with Gasteiger partial charge in [0.15, 0.2) is 0 Å². The molecule has 3 heterocycles. The van der Waals surface area contributed by atoms with Crippen molar-refractivity contribution in [1.29, 1.82) is 0 Å². The maximum absolute atomic E-state index is 12.9. The van der Waals surface area contributed by atoms with Gasteiger partial charge in [-0.25, -0.2) is 14.8 Å². The predicted molar refractivity (Wildman–Crippen MR) is 115 cm³/mol. The van der Waals surface area contributed by atoms with Crippen LogP contribution < -0.4 is 9.64 Å². The van der Waals surface area contributed by atoms with Gasteiger partial charge in [0, 0.05) is 41.3 Å². The Kier molecular flexibility index (Phi) is 6.42. The van der Waals surface area contributed by atoms with E-state index in [1.807, 2.05) is 6.92 Å². The maximum atomic E-state index is 12.9. The van der Waals surface area contributed by atoms with Crippen molar-refractivity contribution in [2.24, 2.45) is 0 Å². The minimum Gasteiger partial charge on any atom is -0.452 e. The van der Waals surface area contributed by atoms with E-state index in [1.165, 1.54) is 12.0 Å². The van der Waals surface area contributed by atoms with Gasteiger partial charge in [0.05, 0.1) is 37.7 Å². The number of ether oxygens (including phenoxy) is 2. The monoisotopic (exact) mass is 477 g/mol. The first-order valence-electron chi connectivity index (χ1n) is 10.5. The molecule has 180 valence electrons. The van der Waals surface area contributed by atoms with E-state index in [1.54, 1.807) is 29.2 Å². The second-order valence-electron chi connectivity index (χ2n) is 7.74. The molecular weight excluding hydrogens is 455 g/mol. The number of alkyl halides is 3. The van der Waals surface area contributed by atoms with Crippen LogP contribution in [0.15, 0.2) is 36.9 Å². The lowest BCUT2D eigenvalue weighted by Gasteiger charge is -2.35. The standard InChI is InChI=1S/C22H22F3N5O4/c1-13-3-4-17-18(30(13)21(32)33-2)6-5-16(14-9-28-29(12-14)7-8-31)19(17)34-20-26-10-15(11-27-20)22(23,24)25/h5-6,9-13,31H,3-4,7-8H2,1-2H3. The van der Waals surface area contributed by atoms with Gasteiger partial charge >= 0.3 is 18.3 Å². The van der Waals surface area contributed by atoms with Crippen molar-refractivity contribution >= 4 is 11.8 Å². The number of aliphatic hydroxyl groups is 1. The highest BCUT2D eigenvalue weighted by atomic mass is 19.4. The number of carbonyl (C=O) groups excluding carboxylic acids is 1. The summed E-state index contributed by atoms with van der Waals surface area (Å²) in [6, 6.07) is 3.09. The highest BCUT2D eigenvalue weighted by Crippen LogP contribution is 2.44. The second-order valence-corrected chi connectivity index (χ2v) is 7.74. The molecule has 0 spiro atoms. The molecule has 1 amide bonds. The summed E-state index contributed by atoms with van der Waals surface area (Å²) < 4.78 is 51.2. The molecule has 0 aliphatic carbocycles. The van der Waals surface area contributed by atoms with Crippen LogP contribution in [-0.2, 0) is 23.9 Å². The zero-order chi connectivity index (χ0) is 24.5. The molecule has 0 bridgehead atoms. The number of nitrogens with zero attached hydrogens (tertiary/aromatic N) is 5. The summed E-state index contributed by atoms with van der Waals surface area (Å²) in [4.78, 5) is 21.4. The number of halogens is 3. The number of anilines is 1. The van der Waals surface area contributed by atoms with Crippen LogP contribution in [0, 0.1) is 0 Å². The molecule has 12 heteroatoms. The molecule has 3 aromatic rings. The third-order valence-electron chi connectivity index (χ3n) is 5.54. The molecule has 0 saturated heterocycles. The molecule has 1 aromatic carbocycles. The lowest BCUT2D eigenvalue weighted by atomic mass is 9.92. The molecule has 34 heavy (non-hydrogen) atoms. The van der Waals surface area contributed by atoms with Crippen LogP contribution >= 0.6 is 0 Å². The summed E-state index contributed by atoms with van der Waals surface area (Å²) in [5.41, 5.74) is 1.48. The van der Waals surface area contributed by atoms with Crippen LogP contribution in [0.2, 0.25) is 0 Å². The number of amides is 1. The van der Waals surface area contributed by atoms with Crippen LogP contribution in [0.5, 0.6) is 11.8 Å². The fourth-order valence-electron chi connectivity index (χ4n) is 3.86. The summed E-state index contributed by atoms with van der Waals surface area (Å²) in [7, 11) is 1.29. The fourth-order valence-corrected chi connectivity index (χ4v) is 3.86. The Labute approximate surface area is 192 Å². The molecule has 1 aliphatic rings. The first-order valence-corrected chi connectivity index (χ1v) is 10.5. The quantitative estimate of drug-likeness (QED) is 0.591. The number of hydrogen-bond acceptors (Lipinski definition) is 7. The number of aliphatic hydroxyl groups excluding tert-OH is 1. The molecular formula is C22H22F3N5O4. The summed E-state index contributed by atoms with van der Waals surface area (Å²) >= 11 is 0. The van der Waals surface area contributed by atoms with Crippen molar-refractivity contribution < 1.29 is 32.5 Å².